The van der Waals surface area contributed by atoms with Crippen LogP contribution < -0.4 is 5.32 Å². The van der Waals surface area contributed by atoms with E-state index in [4.69, 9.17) is 6.42 Å². The average molecular weight is 403 g/mol. The molecule has 0 aliphatic heterocycles. The molecule has 0 bridgehead atoms. The summed E-state index contributed by atoms with van der Waals surface area (Å²) < 4.78 is 0.997. The minimum Gasteiger partial charge on any atom is -0.333 e. The second-order valence-corrected chi connectivity index (χ2v) is 7.44. The van der Waals surface area contributed by atoms with E-state index < -0.39 is 0 Å². The van der Waals surface area contributed by atoms with Gasteiger partial charge in [0.2, 0.25) is 11.8 Å². The monoisotopic (exact) mass is 402 g/mol. The topological polar surface area (TPSA) is 49.4 Å². The molecule has 0 aliphatic carbocycles. The molecule has 2 amide bonds. The normalized spacial score (nSPS) is 10.4. The lowest BCUT2D eigenvalue weighted by Gasteiger charge is -2.14. The molecule has 1 aromatic carbocycles. The maximum Gasteiger partial charge on any atom is 0.246 e. The number of terminal acetylenes is 1. The summed E-state index contributed by atoms with van der Waals surface area (Å²) in [6.45, 7) is -0.0441. The highest BCUT2D eigenvalue weighted by Gasteiger charge is 2.11. The zero-order valence-electron chi connectivity index (χ0n) is 13.0. The van der Waals surface area contributed by atoms with Gasteiger partial charge in [-0.05, 0) is 52.3 Å². The molecule has 24 heavy (non-hydrogen) atoms. The number of anilines is 1. The van der Waals surface area contributed by atoms with Gasteiger partial charge < -0.3 is 10.2 Å². The predicted molar refractivity (Wildman–Crippen MR) is 102 cm³/mol. The lowest BCUT2D eigenvalue weighted by Crippen LogP contribution is -2.33. The van der Waals surface area contributed by atoms with Crippen molar-refractivity contribution in [3.05, 3.63) is 56.7 Å². The fourth-order valence-electron chi connectivity index (χ4n) is 1.88. The van der Waals surface area contributed by atoms with E-state index in [1.807, 2.05) is 12.1 Å². The Bertz CT molecular complexity index is 820. The summed E-state index contributed by atoms with van der Waals surface area (Å²) >= 11 is 4.89. The van der Waals surface area contributed by atoms with Crippen LogP contribution in [0.25, 0.3) is 6.08 Å². The van der Waals surface area contributed by atoms with Crippen molar-refractivity contribution in [3.63, 3.8) is 0 Å². The maximum atomic E-state index is 12.0. The SMILES string of the molecule is C#Cc1cccc(NC(=O)CN(C)C(=O)/C=C/c2ccc(Br)s2)c1. The van der Waals surface area contributed by atoms with Crippen molar-refractivity contribution >= 4 is 50.8 Å². The number of hydrogen-bond donors (Lipinski definition) is 1. The van der Waals surface area contributed by atoms with Gasteiger partial charge in [-0.1, -0.05) is 12.0 Å². The molecule has 0 fully saturated rings. The van der Waals surface area contributed by atoms with Gasteiger partial charge >= 0.3 is 0 Å². The van der Waals surface area contributed by atoms with E-state index in [1.54, 1.807) is 37.4 Å². The van der Waals surface area contributed by atoms with Crippen molar-refractivity contribution in [2.24, 2.45) is 0 Å². The first-order chi connectivity index (χ1) is 11.5. The van der Waals surface area contributed by atoms with Gasteiger partial charge in [-0.15, -0.1) is 17.8 Å². The number of nitrogens with one attached hydrogen (secondary N) is 1. The maximum absolute atomic E-state index is 12.0. The van der Waals surface area contributed by atoms with E-state index in [1.165, 1.54) is 22.3 Å². The molecular formula is C18H15BrN2O2S. The van der Waals surface area contributed by atoms with Crippen LogP contribution >= 0.6 is 27.3 Å². The van der Waals surface area contributed by atoms with Gasteiger partial charge in [0.1, 0.15) is 0 Å². The Morgan fingerprint density at radius 1 is 1.38 bits per heavy atom. The minimum absolute atomic E-state index is 0.0441. The molecular weight excluding hydrogens is 388 g/mol. The van der Waals surface area contributed by atoms with Gasteiger partial charge in [0.05, 0.1) is 10.3 Å². The molecule has 0 spiro atoms. The molecule has 1 heterocycles. The molecule has 0 unspecified atom stereocenters. The molecule has 0 atom stereocenters. The van der Waals surface area contributed by atoms with E-state index in [2.05, 4.69) is 27.2 Å². The molecule has 0 saturated heterocycles. The minimum atomic E-state index is -0.285. The number of halogens is 1. The van der Waals surface area contributed by atoms with Crippen LogP contribution in [0.2, 0.25) is 0 Å². The summed E-state index contributed by atoms with van der Waals surface area (Å²) in [5.74, 6) is 1.98. The Kier molecular flexibility index (Phi) is 6.36. The van der Waals surface area contributed by atoms with Gasteiger partial charge in [-0.25, -0.2) is 0 Å². The first-order valence-electron chi connectivity index (χ1n) is 7.03. The Hall–Kier alpha value is -2.36. The van der Waals surface area contributed by atoms with E-state index in [-0.39, 0.29) is 18.4 Å². The zero-order valence-corrected chi connectivity index (χ0v) is 15.4. The van der Waals surface area contributed by atoms with Gasteiger partial charge in [-0.3, -0.25) is 9.59 Å². The summed E-state index contributed by atoms with van der Waals surface area (Å²) in [7, 11) is 1.58. The first kappa shape index (κ1) is 18.0. The first-order valence-corrected chi connectivity index (χ1v) is 8.64. The Balaban J connectivity index is 1.89. The van der Waals surface area contributed by atoms with Crippen LogP contribution in [0.4, 0.5) is 5.69 Å². The van der Waals surface area contributed by atoms with Crippen molar-refractivity contribution in [2.45, 2.75) is 0 Å². The molecule has 1 aromatic heterocycles. The number of carbonyl (C=O) groups excluding carboxylic acids is 2. The van der Waals surface area contributed by atoms with E-state index in [0.717, 1.165) is 8.66 Å². The molecule has 0 saturated carbocycles. The smallest absolute Gasteiger partial charge is 0.246 e. The summed E-state index contributed by atoms with van der Waals surface area (Å²) in [5.41, 5.74) is 1.29. The molecule has 4 nitrogen and oxygen atoms in total. The average Bonchev–Trinajstić information content (AvgIpc) is 2.98. The van der Waals surface area contributed by atoms with E-state index in [0.29, 0.717) is 11.3 Å². The van der Waals surface area contributed by atoms with Crippen LogP contribution in [0.1, 0.15) is 10.4 Å². The molecule has 122 valence electrons. The lowest BCUT2D eigenvalue weighted by atomic mass is 10.2. The Morgan fingerprint density at radius 3 is 2.83 bits per heavy atom. The van der Waals surface area contributed by atoms with Crippen LogP contribution in [0.15, 0.2) is 46.3 Å². The fourth-order valence-corrected chi connectivity index (χ4v) is 3.21. The molecule has 2 rings (SSSR count). The van der Waals surface area contributed by atoms with E-state index >= 15 is 0 Å². The van der Waals surface area contributed by atoms with Crippen LogP contribution in [-0.4, -0.2) is 30.3 Å². The second kappa shape index (κ2) is 8.48. The van der Waals surface area contributed by atoms with Crippen LogP contribution in [0.5, 0.6) is 0 Å². The van der Waals surface area contributed by atoms with Gasteiger partial charge in [0.25, 0.3) is 0 Å². The summed E-state index contributed by atoms with van der Waals surface area (Å²) in [6.07, 6.45) is 8.50. The number of amides is 2. The Labute approximate surface area is 153 Å². The molecule has 6 heteroatoms. The largest absolute Gasteiger partial charge is 0.333 e. The van der Waals surface area contributed by atoms with Crippen molar-refractivity contribution < 1.29 is 9.59 Å². The molecule has 1 N–H and O–H groups in total. The van der Waals surface area contributed by atoms with Crippen molar-refractivity contribution in [3.8, 4) is 12.3 Å². The fraction of sp³-hybridized carbons (Fsp3) is 0.111. The van der Waals surface area contributed by atoms with Crippen LogP contribution in [0.3, 0.4) is 0 Å². The highest BCUT2D eigenvalue weighted by molar-refractivity contribution is 9.11. The molecule has 0 aliphatic rings. The molecule has 2 aromatic rings. The predicted octanol–water partition coefficient (Wildman–Crippen LogP) is 3.60. The third-order valence-electron chi connectivity index (χ3n) is 3.05. The number of rotatable bonds is 5. The highest BCUT2D eigenvalue weighted by Crippen LogP contribution is 2.23. The summed E-state index contributed by atoms with van der Waals surface area (Å²) in [5, 5.41) is 2.72. The van der Waals surface area contributed by atoms with Crippen molar-refractivity contribution in [2.75, 3.05) is 18.9 Å². The quantitative estimate of drug-likeness (QED) is 0.613. The standard InChI is InChI=1S/C18H15BrN2O2S/c1-3-13-5-4-6-14(11-13)20-17(22)12-21(2)18(23)10-8-15-7-9-16(19)24-15/h1,4-11H,12H2,2H3,(H,20,22)/b10-8+. The number of hydrogen-bond acceptors (Lipinski definition) is 3. The van der Waals surface area contributed by atoms with Crippen molar-refractivity contribution in [1.82, 2.24) is 4.90 Å². The highest BCUT2D eigenvalue weighted by atomic mass is 79.9. The second-order valence-electron chi connectivity index (χ2n) is 4.94. The van der Waals surface area contributed by atoms with Crippen LogP contribution in [-0.2, 0) is 9.59 Å². The van der Waals surface area contributed by atoms with Crippen LogP contribution in [0, 0.1) is 12.3 Å². The third kappa shape index (κ3) is 5.37. The van der Waals surface area contributed by atoms with Gasteiger partial charge in [-0.2, -0.15) is 0 Å². The number of thiophene rings is 1. The number of benzene rings is 1. The van der Waals surface area contributed by atoms with Gasteiger partial charge in [0.15, 0.2) is 0 Å². The number of likely N-dealkylation sites (N-methyl/N-ethyl adjacent to an activating group) is 1. The Morgan fingerprint density at radius 2 is 2.17 bits per heavy atom. The third-order valence-corrected chi connectivity index (χ3v) is 4.64. The lowest BCUT2D eigenvalue weighted by molar-refractivity contribution is -0.129. The number of nitrogens with zero attached hydrogens (tertiary/aromatic N) is 1. The summed E-state index contributed by atoms with van der Waals surface area (Å²) in [4.78, 5) is 26.4. The molecule has 0 radical (unpaired) electrons. The van der Waals surface area contributed by atoms with E-state index in [9.17, 15) is 9.59 Å². The van der Waals surface area contributed by atoms with Crippen molar-refractivity contribution in [1.29, 1.82) is 0 Å². The van der Waals surface area contributed by atoms with Gasteiger partial charge in [0, 0.05) is 29.3 Å². The zero-order chi connectivity index (χ0) is 17.5. The number of carbonyl (C=O) groups is 2. The summed E-state index contributed by atoms with van der Waals surface area (Å²) in [6, 6.07) is 10.8.